The van der Waals surface area contributed by atoms with Crippen molar-refractivity contribution in [3.63, 3.8) is 0 Å². The van der Waals surface area contributed by atoms with Crippen molar-refractivity contribution >= 4 is 23.8 Å². The number of nitrogens with zero attached hydrogens (tertiary/aromatic N) is 2. The van der Waals surface area contributed by atoms with E-state index in [4.69, 9.17) is 16.2 Å². The normalized spacial score (nSPS) is 10.4. The van der Waals surface area contributed by atoms with E-state index in [0.29, 0.717) is 11.3 Å². The van der Waals surface area contributed by atoms with Crippen LogP contribution in [0.5, 0.6) is 5.75 Å². The third kappa shape index (κ3) is 5.45. The van der Waals surface area contributed by atoms with E-state index < -0.39 is 0 Å². The second-order valence-corrected chi connectivity index (χ2v) is 5.01. The number of rotatable bonds is 6. The van der Waals surface area contributed by atoms with Crippen molar-refractivity contribution in [2.75, 3.05) is 11.9 Å². The van der Waals surface area contributed by atoms with Crippen molar-refractivity contribution in [2.45, 2.75) is 6.92 Å². The van der Waals surface area contributed by atoms with Crippen LogP contribution in [0.3, 0.4) is 0 Å². The van der Waals surface area contributed by atoms with E-state index in [-0.39, 0.29) is 18.5 Å². The Morgan fingerprint density at radius 1 is 1.17 bits per heavy atom. The molecule has 7 heteroatoms. The number of carbonyl (C=O) groups excluding carboxylic acids is 1. The zero-order valence-electron chi connectivity index (χ0n) is 13.3. The Balaban J connectivity index is 1.96. The summed E-state index contributed by atoms with van der Waals surface area (Å²) in [5.74, 6) is 0.114. The zero-order chi connectivity index (χ0) is 17.4. The molecule has 5 N–H and O–H groups in total. The number of guanidine groups is 1. The van der Waals surface area contributed by atoms with Crippen LogP contribution in [-0.2, 0) is 4.79 Å². The summed E-state index contributed by atoms with van der Waals surface area (Å²) in [4.78, 5) is 12.0. The summed E-state index contributed by atoms with van der Waals surface area (Å²) >= 11 is 0. The Kier molecular flexibility index (Phi) is 5.90. The molecular formula is C17H19N5O2. The van der Waals surface area contributed by atoms with Gasteiger partial charge in [-0.25, -0.2) is 0 Å². The number of aryl methyl sites for hydroxylation is 1. The average molecular weight is 325 g/mol. The maximum Gasteiger partial charge on any atom is 0.262 e. The van der Waals surface area contributed by atoms with Gasteiger partial charge in [0.05, 0.1) is 6.21 Å². The smallest absolute Gasteiger partial charge is 0.262 e. The van der Waals surface area contributed by atoms with Crippen LogP contribution in [0.2, 0.25) is 0 Å². The van der Waals surface area contributed by atoms with Crippen molar-refractivity contribution in [3.05, 3.63) is 59.7 Å². The predicted molar refractivity (Wildman–Crippen MR) is 95.1 cm³/mol. The number of para-hydroxylation sites is 1. The predicted octanol–water partition coefficient (Wildman–Crippen LogP) is 1.62. The lowest BCUT2D eigenvalue weighted by Crippen LogP contribution is -2.21. The fraction of sp³-hybridized carbons (Fsp3) is 0.118. The number of nitrogens with one attached hydrogen (secondary N) is 1. The third-order valence-electron chi connectivity index (χ3n) is 2.98. The van der Waals surface area contributed by atoms with Crippen LogP contribution in [0, 0.1) is 6.92 Å². The molecule has 2 aromatic carbocycles. The van der Waals surface area contributed by atoms with Gasteiger partial charge in [0.15, 0.2) is 6.61 Å². The van der Waals surface area contributed by atoms with Gasteiger partial charge in [-0.05, 0) is 31.2 Å². The summed E-state index contributed by atoms with van der Waals surface area (Å²) in [7, 11) is 0. The first-order valence-corrected chi connectivity index (χ1v) is 7.25. The van der Waals surface area contributed by atoms with Gasteiger partial charge in [-0.15, -0.1) is 5.10 Å². The van der Waals surface area contributed by atoms with Crippen LogP contribution in [0.4, 0.5) is 5.69 Å². The molecule has 2 rings (SSSR count). The van der Waals surface area contributed by atoms with Gasteiger partial charge in [0, 0.05) is 11.3 Å². The molecule has 1 amide bonds. The summed E-state index contributed by atoms with van der Waals surface area (Å²) in [6.45, 7) is 1.86. The van der Waals surface area contributed by atoms with Crippen molar-refractivity contribution in [1.29, 1.82) is 0 Å². The molecule has 0 radical (unpaired) electrons. The van der Waals surface area contributed by atoms with Crippen molar-refractivity contribution in [2.24, 2.45) is 21.7 Å². The number of ether oxygens (including phenoxy) is 1. The SMILES string of the molecule is Cc1ccc(NC(=O)COc2ccccc2C=NN=C(N)N)cc1. The van der Waals surface area contributed by atoms with Crippen LogP contribution >= 0.6 is 0 Å². The van der Waals surface area contributed by atoms with Gasteiger partial charge >= 0.3 is 0 Å². The molecule has 0 saturated carbocycles. The molecule has 0 bridgehead atoms. The molecule has 124 valence electrons. The minimum Gasteiger partial charge on any atom is -0.483 e. The number of hydrogen-bond donors (Lipinski definition) is 3. The first-order valence-electron chi connectivity index (χ1n) is 7.25. The van der Waals surface area contributed by atoms with Crippen LogP contribution in [-0.4, -0.2) is 24.7 Å². The lowest BCUT2D eigenvalue weighted by molar-refractivity contribution is -0.118. The van der Waals surface area contributed by atoms with Crippen LogP contribution in [0.15, 0.2) is 58.7 Å². The molecule has 0 aliphatic rings. The van der Waals surface area contributed by atoms with Crippen LogP contribution in [0.25, 0.3) is 0 Å². The van der Waals surface area contributed by atoms with Crippen molar-refractivity contribution in [3.8, 4) is 5.75 Å². The highest BCUT2D eigenvalue weighted by Crippen LogP contribution is 2.16. The van der Waals surface area contributed by atoms with Gasteiger partial charge in [-0.1, -0.05) is 29.8 Å². The standard InChI is InChI=1S/C17H19N5O2/c1-12-6-8-14(9-7-12)21-16(23)11-24-15-5-3-2-4-13(15)10-20-22-17(18)19/h2-10H,11H2,1H3,(H,21,23)(H4,18,19,22). The summed E-state index contributed by atoms with van der Waals surface area (Å²) < 4.78 is 5.54. The average Bonchev–Trinajstić information content (AvgIpc) is 2.56. The molecule has 0 unspecified atom stereocenters. The van der Waals surface area contributed by atoms with Crippen LogP contribution in [0.1, 0.15) is 11.1 Å². The second-order valence-electron chi connectivity index (χ2n) is 5.01. The molecule has 7 nitrogen and oxygen atoms in total. The summed E-state index contributed by atoms with van der Waals surface area (Å²) in [5.41, 5.74) is 12.9. The van der Waals surface area contributed by atoms with E-state index in [9.17, 15) is 4.79 Å². The quantitative estimate of drug-likeness (QED) is 0.425. The number of anilines is 1. The topological polar surface area (TPSA) is 115 Å². The Bertz CT molecular complexity index is 750. The third-order valence-corrected chi connectivity index (χ3v) is 2.98. The number of carbonyl (C=O) groups is 1. The lowest BCUT2D eigenvalue weighted by atomic mass is 10.2. The summed E-state index contributed by atoms with van der Waals surface area (Å²) in [6, 6.07) is 14.6. The molecule has 2 aromatic rings. The second kappa shape index (κ2) is 8.33. The van der Waals surface area contributed by atoms with Gasteiger partial charge in [0.25, 0.3) is 5.91 Å². The summed E-state index contributed by atoms with van der Waals surface area (Å²) in [5, 5.41) is 10.0. The molecule has 0 heterocycles. The highest BCUT2D eigenvalue weighted by Gasteiger charge is 2.06. The highest BCUT2D eigenvalue weighted by molar-refractivity contribution is 5.92. The Hall–Kier alpha value is -3.35. The fourth-order valence-electron chi connectivity index (χ4n) is 1.85. The molecule has 0 atom stereocenters. The van der Waals surface area contributed by atoms with Gasteiger partial charge < -0.3 is 21.5 Å². The molecule has 0 aliphatic carbocycles. The minimum atomic E-state index is -0.255. The zero-order valence-corrected chi connectivity index (χ0v) is 13.3. The van der Waals surface area contributed by atoms with E-state index >= 15 is 0 Å². The number of benzene rings is 2. The van der Waals surface area contributed by atoms with Gasteiger partial charge in [-0.2, -0.15) is 5.10 Å². The van der Waals surface area contributed by atoms with Crippen molar-refractivity contribution in [1.82, 2.24) is 0 Å². The van der Waals surface area contributed by atoms with E-state index in [2.05, 4.69) is 15.5 Å². The lowest BCUT2D eigenvalue weighted by Gasteiger charge is -2.09. The van der Waals surface area contributed by atoms with E-state index in [1.165, 1.54) is 6.21 Å². The maximum absolute atomic E-state index is 12.0. The van der Waals surface area contributed by atoms with Gasteiger partial charge in [-0.3, -0.25) is 4.79 Å². The maximum atomic E-state index is 12.0. The molecule has 0 aliphatic heterocycles. The van der Waals surface area contributed by atoms with E-state index in [0.717, 1.165) is 11.3 Å². The first kappa shape index (κ1) is 17.0. The van der Waals surface area contributed by atoms with Gasteiger partial charge in [0.2, 0.25) is 5.96 Å². The largest absolute Gasteiger partial charge is 0.483 e. The number of hydrogen-bond acceptors (Lipinski definition) is 4. The van der Waals surface area contributed by atoms with E-state index in [1.807, 2.05) is 37.3 Å². The fourth-order valence-corrected chi connectivity index (χ4v) is 1.85. The monoisotopic (exact) mass is 325 g/mol. The number of nitrogens with two attached hydrogens (primary N) is 2. The molecular weight excluding hydrogens is 306 g/mol. The number of amides is 1. The Labute approximate surface area is 140 Å². The van der Waals surface area contributed by atoms with Crippen LogP contribution < -0.4 is 21.5 Å². The first-order chi connectivity index (χ1) is 11.5. The molecule has 0 fully saturated rings. The molecule has 0 saturated heterocycles. The molecule has 24 heavy (non-hydrogen) atoms. The van der Waals surface area contributed by atoms with Crippen molar-refractivity contribution < 1.29 is 9.53 Å². The minimum absolute atomic E-state index is 0.124. The molecule has 0 aromatic heterocycles. The Morgan fingerprint density at radius 3 is 2.58 bits per heavy atom. The summed E-state index contributed by atoms with van der Waals surface area (Å²) in [6.07, 6.45) is 1.45. The Morgan fingerprint density at radius 2 is 1.88 bits per heavy atom. The van der Waals surface area contributed by atoms with Gasteiger partial charge in [0.1, 0.15) is 5.75 Å². The molecule has 0 spiro atoms. The highest BCUT2D eigenvalue weighted by atomic mass is 16.5. The van der Waals surface area contributed by atoms with E-state index in [1.54, 1.807) is 18.2 Å².